The Labute approximate surface area is 183 Å². The van der Waals surface area contributed by atoms with Crippen molar-refractivity contribution in [3.63, 3.8) is 0 Å². The first kappa shape index (κ1) is 21.6. The number of aryl methyl sites for hydroxylation is 1. The number of aromatic nitrogens is 2. The molecule has 0 amide bonds. The highest BCUT2D eigenvalue weighted by Gasteiger charge is 2.11. The molecule has 0 aliphatic carbocycles. The zero-order chi connectivity index (χ0) is 21.2. The SMILES string of the molecule is COc1ccc(CNC(=S)N(CCCn2ccnc2)Cc2ccc(OC)cc2)cc1. The van der Waals surface area contributed by atoms with Gasteiger partial charge in [0.15, 0.2) is 5.11 Å². The van der Waals surface area contributed by atoms with Gasteiger partial charge in [-0.2, -0.15) is 0 Å². The number of benzene rings is 2. The van der Waals surface area contributed by atoms with Crippen molar-refractivity contribution in [3.05, 3.63) is 78.4 Å². The number of ether oxygens (including phenoxy) is 2. The fourth-order valence-corrected chi connectivity index (χ4v) is 3.33. The summed E-state index contributed by atoms with van der Waals surface area (Å²) in [5.74, 6) is 1.70. The second kappa shape index (κ2) is 11.2. The number of methoxy groups -OCH3 is 2. The lowest BCUT2D eigenvalue weighted by atomic mass is 10.2. The molecular formula is C23H28N4O2S. The van der Waals surface area contributed by atoms with Crippen LogP contribution in [0.5, 0.6) is 11.5 Å². The molecule has 0 radical (unpaired) electrons. The van der Waals surface area contributed by atoms with E-state index in [0.717, 1.165) is 48.2 Å². The summed E-state index contributed by atoms with van der Waals surface area (Å²) in [6.45, 7) is 3.16. The molecule has 0 aliphatic heterocycles. The summed E-state index contributed by atoms with van der Waals surface area (Å²) in [7, 11) is 3.35. The number of hydrogen-bond donors (Lipinski definition) is 1. The summed E-state index contributed by atoms with van der Waals surface area (Å²) in [4.78, 5) is 6.31. The average molecular weight is 425 g/mol. The molecule has 2 aromatic carbocycles. The van der Waals surface area contributed by atoms with Crippen LogP contribution in [0.4, 0.5) is 0 Å². The minimum Gasteiger partial charge on any atom is -0.497 e. The number of nitrogens with one attached hydrogen (secondary N) is 1. The monoisotopic (exact) mass is 424 g/mol. The van der Waals surface area contributed by atoms with Crippen molar-refractivity contribution in [2.45, 2.75) is 26.1 Å². The Morgan fingerprint density at radius 2 is 1.63 bits per heavy atom. The third-order valence-electron chi connectivity index (χ3n) is 4.83. The Morgan fingerprint density at radius 1 is 1.00 bits per heavy atom. The van der Waals surface area contributed by atoms with E-state index in [4.69, 9.17) is 21.7 Å². The summed E-state index contributed by atoms with van der Waals surface area (Å²) >= 11 is 5.73. The topological polar surface area (TPSA) is 51.5 Å². The maximum absolute atomic E-state index is 5.73. The van der Waals surface area contributed by atoms with Crippen LogP contribution in [0.3, 0.4) is 0 Å². The van der Waals surface area contributed by atoms with Gasteiger partial charge in [-0.25, -0.2) is 4.98 Å². The molecule has 1 N–H and O–H groups in total. The average Bonchev–Trinajstić information content (AvgIpc) is 3.31. The molecule has 7 heteroatoms. The molecule has 6 nitrogen and oxygen atoms in total. The first-order valence-electron chi connectivity index (χ1n) is 9.92. The third-order valence-corrected chi connectivity index (χ3v) is 5.23. The Hall–Kier alpha value is -3.06. The Kier molecular flexibility index (Phi) is 8.09. The second-order valence-electron chi connectivity index (χ2n) is 6.93. The van der Waals surface area contributed by atoms with E-state index in [9.17, 15) is 0 Å². The maximum Gasteiger partial charge on any atom is 0.169 e. The fourth-order valence-electron chi connectivity index (χ4n) is 3.10. The van der Waals surface area contributed by atoms with Gasteiger partial charge < -0.3 is 24.3 Å². The van der Waals surface area contributed by atoms with Gasteiger partial charge >= 0.3 is 0 Å². The number of imidazole rings is 1. The van der Waals surface area contributed by atoms with Crippen LogP contribution in [0.2, 0.25) is 0 Å². The standard InChI is InChI=1S/C23H28N4O2S/c1-28-21-8-4-19(5-9-21)16-25-23(30)27(14-3-13-26-15-12-24-18-26)17-20-6-10-22(29-2)11-7-20/h4-12,15,18H,3,13-14,16-17H2,1-2H3,(H,25,30). The summed E-state index contributed by atoms with van der Waals surface area (Å²) in [5, 5.41) is 4.14. The van der Waals surface area contributed by atoms with Crippen LogP contribution < -0.4 is 14.8 Å². The highest BCUT2D eigenvalue weighted by molar-refractivity contribution is 7.80. The summed E-state index contributed by atoms with van der Waals surface area (Å²) in [5.41, 5.74) is 2.34. The highest BCUT2D eigenvalue weighted by Crippen LogP contribution is 2.14. The van der Waals surface area contributed by atoms with E-state index in [1.807, 2.05) is 48.9 Å². The van der Waals surface area contributed by atoms with Crippen molar-refractivity contribution in [2.75, 3.05) is 20.8 Å². The van der Waals surface area contributed by atoms with E-state index < -0.39 is 0 Å². The number of rotatable bonds is 10. The molecule has 3 aromatic rings. The summed E-state index contributed by atoms with van der Waals surface area (Å²) in [6.07, 6.45) is 6.59. The normalized spacial score (nSPS) is 10.5. The van der Waals surface area contributed by atoms with Gasteiger partial charge in [-0.15, -0.1) is 0 Å². The van der Waals surface area contributed by atoms with Crippen LogP contribution in [0.15, 0.2) is 67.3 Å². The quantitative estimate of drug-likeness (QED) is 0.499. The van der Waals surface area contributed by atoms with E-state index in [1.54, 1.807) is 20.4 Å². The van der Waals surface area contributed by atoms with Gasteiger partial charge in [-0.1, -0.05) is 24.3 Å². The molecular weight excluding hydrogens is 396 g/mol. The van der Waals surface area contributed by atoms with E-state index >= 15 is 0 Å². The molecule has 158 valence electrons. The Balaban J connectivity index is 1.60. The van der Waals surface area contributed by atoms with Crippen LogP contribution in [0, 0.1) is 0 Å². The van der Waals surface area contributed by atoms with Gasteiger partial charge in [-0.3, -0.25) is 0 Å². The Bertz CT molecular complexity index is 896. The zero-order valence-electron chi connectivity index (χ0n) is 17.5. The van der Waals surface area contributed by atoms with Crippen molar-refractivity contribution < 1.29 is 9.47 Å². The van der Waals surface area contributed by atoms with Crippen LogP contribution in [-0.4, -0.2) is 40.3 Å². The van der Waals surface area contributed by atoms with Crippen molar-refractivity contribution in [2.24, 2.45) is 0 Å². The van der Waals surface area contributed by atoms with E-state index in [-0.39, 0.29) is 0 Å². The first-order chi connectivity index (χ1) is 14.7. The minimum atomic E-state index is 0.670. The Morgan fingerprint density at radius 3 is 2.20 bits per heavy atom. The minimum absolute atomic E-state index is 0.670. The second-order valence-corrected chi connectivity index (χ2v) is 7.32. The molecule has 0 bridgehead atoms. The summed E-state index contributed by atoms with van der Waals surface area (Å²) in [6, 6.07) is 16.1. The lowest BCUT2D eigenvalue weighted by molar-refractivity contribution is 0.383. The van der Waals surface area contributed by atoms with E-state index in [2.05, 4.69) is 31.9 Å². The smallest absolute Gasteiger partial charge is 0.169 e. The first-order valence-corrected chi connectivity index (χ1v) is 10.3. The van der Waals surface area contributed by atoms with Gasteiger partial charge in [0.05, 0.1) is 20.5 Å². The van der Waals surface area contributed by atoms with Gasteiger partial charge in [0.1, 0.15) is 11.5 Å². The molecule has 0 saturated heterocycles. The largest absolute Gasteiger partial charge is 0.497 e. The maximum atomic E-state index is 5.73. The van der Waals surface area contributed by atoms with Crippen molar-refractivity contribution >= 4 is 17.3 Å². The van der Waals surface area contributed by atoms with Crippen LogP contribution in [0.1, 0.15) is 17.5 Å². The zero-order valence-corrected chi connectivity index (χ0v) is 18.3. The molecule has 0 unspecified atom stereocenters. The molecule has 0 aliphatic rings. The molecule has 30 heavy (non-hydrogen) atoms. The van der Waals surface area contributed by atoms with E-state index in [1.165, 1.54) is 5.56 Å². The molecule has 0 saturated carbocycles. The van der Waals surface area contributed by atoms with Gasteiger partial charge in [0.25, 0.3) is 0 Å². The molecule has 3 rings (SSSR count). The predicted molar refractivity (Wildman–Crippen MR) is 123 cm³/mol. The van der Waals surface area contributed by atoms with Gasteiger partial charge in [-0.05, 0) is 54.0 Å². The molecule has 0 fully saturated rings. The molecule has 0 spiro atoms. The van der Waals surface area contributed by atoms with Crippen molar-refractivity contribution in [3.8, 4) is 11.5 Å². The van der Waals surface area contributed by atoms with Crippen LogP contribution in [-0.2, 0) is 19.6 Å². The van der Waals surface area contributed by atoms with Gasteiger partial charge in [0, 0.05) is 38.6 Å². The predicted octanol–water partition coefficient (Wildman–Crippen LogP) is 3.87. The number of nitrogens with zero attached hydrogens (tertiary/aromatic N) is 3. The van der Waals surface area contributed by atoms with Gasteiger partial charge in [0.2, 0.25) is 0 Å². The lowest BCUT2D eigenvalue weighted by Gasteiger charge is -2.26. The molecule has 1 heterocycles. The highest BCUT2D eigenvalue weighted by atomic mass is 32.1. The van der Waals surface area contributed by atoms with Crippen molar-refractivity contribution in [1.82, 2.24) is 19.8 Å². The number of hydrogen-bond acceptors (Lipinski definition) is 4. The van der Waals surface area contributed by atoms with Crippen LogP contribution >= 0.6 is 12.2 Å². The van der Waals surface area contributed by atoms with E-state index in [0.29, 0.717) is 6.54 Å². The summed E-state index contributed by atoms with van der Waals surface area (Å²) < 4.78 is 12.6. The molecule has 0 atom stereocenters. The van der Waals surface area contributed by atoms with Crippen molar-refractivity contribution in [1.29, 1.82) is 0 Å². The number of thiocarbonyl (C=S) groups is 1. The third kappa shape index (κ3) is 6.49. The lowest BCUT2D eigenvalue weighted by Crippen LogP contribution is -2.39. The molecule has 1 aromatic heterocycles. The van der Waals surface area contributed by atoms with Crippen LogP contribution in [0.25, 0.3) is 0 Å². The fraction of sp³-hybridized carbons (Fsp3) is 0.304.